The van der Waals surface area contributed by atoms with Crippen LogP contribution in [-0.2, 0) is 21.8 Å². The molecule has 1 heterocycles. The lowest BCUT2D eigenvalue weighted by molar-refractivity contribution is -0.139. The summed E-state index contributed by atoms with van der Waals surface area (Å²) < 4.78 is 8.09. The van der Waals surface area contributed by atoms with E-state index >= 15 is 0 Å². The minimum Gasteiger partial charge on any atom is -0.465 e. The van der Waals surface area contributed by atoms with Gasteiger partial charge in [-0.25, -0.2) is 4.79 Å². The van der Waals surface area contributed by atoms with E-state index in [1.165, 1.54) is 7.11 Å². The highest BCUT2D eigenvalue weighted by Crippen LogP contribution is 2.47. The van der Waals surface area contributed by atoms with Crippen molar-refractivity contribution < 1.29 is 9.53 Å². The Bertz CT molecular complexity index is 157. The second-order valence-corrected chi connectivity index (χ2v) is 3.76. The molecule has 0 aromatic heterocycles. The maximum atomic E-state index is 10.4. The average Bonchev–Trinajstić information content (AvgIpc) is 2.45. The van der Waals surface area contributed by atoms with Crippen molar-refractivity contribution in [2.75, 3.05) is 7.11 Å². The van der Waals surface area contributed by atoms with Crippen LogP contribution in [0, 0.1) is 0 Å². The van der Waals surface area contributed by atoms with Gasteiger partial charge in [-0.15, -0.1) is 0 Å². The molecule has 0 spiro atoms. The molecule has 8 heavy (non-hydrogen) atoms. The number of methoxy groups -OCH3 is 1. The first kappa shape index (κ1) is 6.05. The molecule has 2 unspecified atom stereocenters. The summed E-state index contributed by atoms with van der Waals surface area (Å²) >= 11 is 4.69. The quantitative estimate of drug-likeness (QED) is 0.312. The molecule has 0 aliphatic carbocycles. The van der Waals surface area contributed by atoms with Crippen molar-refractivity contribution in [3.05, 3.63) is 0 Å². The number of carbonyl (C=O) groups is 1. The van der Waals surface area contributed by atoms with Gasteiger partial charge < -0.3 is 17.0 Å². The zero-order valence-corrected chi connectivity index (χ0v) is 5.91. The molecule has 3 nitrogen and oxygen atoms in total. The Kier molecular flexibility index (Phi) is 1.54. The Hall–Kier alpha value is -0.0800. The molecule has 1 aliphatic rings. The van der Waals surface area contributed by atoms with Crippen LogP contribution in [0.3, 0.4) is 0 Å². The van der Waals surface area contributed by atoms with Gasteiger partial charge in [0.1, 0.15) is 6.92 Å². The predicted molar refractivity (Wildman–Crippen MR) is 32.5 cm³/mol. The van der Waals surface area contributed by atoms with E-state index in [2.05, 4.69) is 9.48 Å². The summed E-state index contributed by atoms with van der Waals surface area (Å²) in [6.07, 6.45) is 0. The summed E-state index contributed by atoms with van der Waals surface area (Å²) in [6.45, 7) is -0.745. The molecule has 0 bridgehead atoms. The summed E-state index contributed by atoms with van der Waals surface area (Å²) in [5, 5.41) is 0. The summed E-state index contributed by atoms with van der Waals surface area (Å²) in [5.74, 6) is -0.559. The van der Waals surface area contributed by atoms with E-state index in [4.69, 9.17) is 12.2 Å². The third kappa shape index (κ3) is 1.01. The number of carbonyl (C=O) groups excluding carboxylic acids is 1. The Morgan fingerprint density at radius 3 is 2.62 bits per heavy atom. The molecule has 0 N–H and O–H groups in total. The van der Waals surface area contributed by atoms with Gasteiger partial charge in [0.05, 0.1) is 7.11 Å². The summed E-state index contributed by atoms with van der Waals surface area (Å²) in [5.41, 5.74) is 0. The standard InChI is InChI=1S/C3H4NO2PS/c1-6-3(5)2-4-7(2)8/h2H,1H3. The minimum absolute atomic E-state index is 0.273. The van der Waals surface area contributed by atoms with Crippen molar-refractivity contribution in [1.29, 1.82) is 0 Å². The average molecular weight is 149 g/mol. The minimum atomic E-state index is -0.745. The molecule has 0 aromatic carbocycles. The number of hydrogen-bond donors (Lipinski definition) is 0. The lowest BCUT2D eigenvalue weighted by Crippen LogP contribution is -2.06. The SMILES string of the molecule is COC(=O)C1N=[P+]1[S-]. The topological polar surface area (TPSA) is 38.7 Å². The van der Waals surface area contributed by atoms with E-state index < -0.39 is 6.92 Å². The molecule has 0 saturated carbocycles. The molecular formula is C3H4NO2PS. The van der Waals surface area contributed by atoms with Gasteiger partial charge in [-0.3, -0.25) is 0 Å². The van der Waals surface area contributed by atoms with Crippen molar-refractivity contribution in [3.8, 4) is 0 Å². The predicted octanol–water partition coefficient (Wildman–Crippen LogP) is 0.626. The van der Waals surface area contributed by atoms with E-state index in [9.17, 15) is 4.79 Å². The number of esters is 1. The number of nitrogens with zero attached hydrogens (tertiary/aromatic N) is 1. The number of hydrogen-bond acceptors (Lipinski definition) is 4. The third-order valence-electron chi connectivity index (χ3n) is 0.790. The first-order chi connectivity index (χ1) is 3.75. The summed E-state index contributed by atoms with van der Waals surface area (Å²) in [7, 11) is 1.34. The molecule has 1 rings (SSSR count). The molecular weight excluding hydrogens is 145 g/mol. The molecule has 0 amide bonds. The molecule has 0 aromatic rings. The van der Waals surface area contributed by atoms with Gasteiger partial charge in [-0.05, 0) is 0 Å². The smallest absolute Gasteiger partial charge is 0.381 e. The van der Waals surface area contributed by atoms with Crippen LogP contribution in [-0.4, -0.2) is 18.9 Å². The molecule has 0 saturated heterocycles. The molecule has 0 radical (unpaired) electrons. The largest absolute Gasteiger partial charge is 0.465 e. The Morgan fingerprint density at radius 1 is 2.00 bits per heavy atom. The van der Waals surface area contributed by atoms with E-state index in [-0.39, 0.29) is 11.8 Å². The van der Waals surface area contributed by atoms with Crippen LogP contribution >= 0.6 is 6.92 Å². The van der Waals surface area contributed by atoms with Gasteiger partial charge in [0.15, 0.2) is 0 Å². The fraction of sp³-hybridized carbons (Fsp3) is 0.667. The monoisotopic (exact) mass is 149 g/mol. The first-order valence-corrected chi connectivity index (χ1v) is 4.38. The zero-order valence-electron chi connectivity index (χ0n) is 4.20. The fourth-order valence-electron chi connectivity index (χ4n) is 0.321. The number of ether oxygens (including phenoxy) is 1. The van der Waals surface area contributed by atoms with Crippen molar-refractivity contribution >= 4 is 25.1 Å². The molecule has 1 aliphatic heterocycles. The van der Waals surface area contributed by atoms with E-state index in [1.807, 2.05) is 0 Å². The second kappa shape index (κ2) is 2.03. The van der Waals surface area contributed by atoms with Crippen molar-refractivity contribution in [3.63, 3.8) is 0 Å². The normalized spacial score (nSPS) is 28.8. The van der Waals surface area contributed by atoms with Gasteiger partial charge in [-0.1, -0.05) is 4.74 Å². The van der Waals surface area contributed by atoms with Crippen LogP contribution in [0.15, 0.2) is 4.74 Å². The highest BCUT2D eigenvalue weighted by Gasteiger charge is 2.40. The first-order valence-electron chi connectivity index (χ1n) is 2.00. The van der Waals surface area contributed by atoms with Crippen LogP contribution in [0.5, 0.6) is 0 Å². The van der Waals surface area contributed by atoms with Gasteiger partial charge in [0.2, 0.25) is 0 Å². The summed E-state index contributed by atoms with van der Waals surface area (Å²) in [6, 6.07) is 0. The van der Waals surface area contributed by atoms with Crippen LogP contribution in [0.25, 0.3) is 0 Å². The third-order valence-corrected chi connectivity index (χ3v) is 2.64. The zero-order chi connectivity index (χ0) is 6.15. The maximum absolute atomic E-state index is 10.4. The van der Waals surface area contributed by atoms with E-state index in [1.54, 1.807) is 0 Å². The molecule has 2 atom stereocenters. The van der Waals surface area contributed by atoms with Crippen molar-refractivity contribution in [1.82, 2.24) is 0 Å². The lowest BCUT2D eigenvalue weighted by Gasteiger charge is -1.86. The number of rotatable bonds is 1. The van der Waals surface area contributed by atoms with Gasteiger partial charge in [0.25, 0.3) is 0 Å². The van der Waals surface area contributed by atoms with Crippen LogP contribution in [0.4, 0.5) is 0 Å². The van der Waals surface area contributed by atoms with Crippen molar-refractivity contribution in [2.45, 2.75) is 5.78 Å². The van der Waals surface area contributed by atoms with Crippen LogP contribution in [0.1, 0.15) is 0 Å². The summed E-state index contributed by atoms with van der Waals surface area (Å²) in [4.78, 5) is 10.4. The Labute approximate surface area is 53.0 Å². The fourth-order valence-corrected chi connectivity index (χ4v) is 1.76. The van der Waals surface area contributed by atoms with Gasteiger partial charge in [0, 0.05) is 0 Å². The molecule has 44 valence electrons. The highest BCUT2D eigenvalue weighted by atomic mass is 32.7. The molecule has 0 fully saturated rings. The van der Waals surface area contributed by atoms with Gasteiger partial charge in [-0.2, -0.15) is 0 Å². The van der Waals surface area contributed by atoms with Gasteiger partial charge >= 0.3 is 11.8 Å². The second-order valence-electron chi connectivity index (χ2n) is 1.31. The van der Waals surface area contributed by atoms with Crippen molar-refractivity contribution in [2.24, 2.45) is 4.74 Å². The van der Waals surface area contributed by atoms with E-state index in [0.29, 0.717) is 0 Å². The Balaban J connectivity index is 2.32. The lowest BCUT2D eigenvalue weighted by atomic mass is 10.7. The molecule has 5 heteroatoms. The van der Waals surface area contributed by atoms with Crippen LogP contribution in [0.2, 0.25) is 0 Å². The Morgan fingerprint density at radius 2 is 2.50 bits per heavy atom. The maximum Gasteiger partial charge on any atom is 0.381 e. The van der Waals surface area contributed by atoms with Crippen LogP contribution < -0.4 is 0 Å². The highest BCUT2D eigenvalue weighted by molar-refractivity contribution is 8.31. The van der Waals surface area contributed by atoms with E-state index in [0.717, 1.165) is 0 Å².